The summed E-state index contributed by atoms with van der Waals surface area (Å²) in [4.78, 5) is 15.9. The second-order valence-electron chi connectivity index (χ2n) is 6.82. The number of hydrogen-bond acceptors (Lipinski definition) is 4. The smallest absolute Gasteiger partial charge is 0.248 e. The van der Waals surface area contributed by atoms with Crippen molar-refractivity contribution in [3.05, 3.63) is 53.6 Å². The van der Waals surface area contributed by atoms with Crippen LogP contribution in [0, 0.1) is 5.92 Å². The predicted molar refractivity (Wildman–Crippen MR) is 110 cm³/mol. The summed E-state index contributed by atoms with van der Waals surface area (Å²) in [6, 6.07) is 12.6. The molecule has 0 aromatic heterocycles. The van der Waals surface area contributed by atoms with Crippen LogP contribution in [0.25, 0.3) is 0 Å². The quantitative estimate of drug-likeness (QED) is 0.480. The Bertz CT molecular complexity index is 862. The van der Waals surface area contributed by atoms with E-state index in [0.717, 1.165) is 11.3 Å². The van der Waals surface area contributed by atoms with Gasteiger partial charge in [0.25, 0.3) is 0 Å². The zero-order valence-electron chi connectivity index (χ0n) is 16.0. The second-order valence-corrected chi connectivity index (χ2v) is 6.82. The number of amides is 1. The normalized spacial score (nSPS) is 14.2. The Kier molecular flexibility index (Phi) is 6.37. The molecule has 0 unspecified atom stereocenters. The zero-order valence-corrected chi connectivity index (χ0v) is 16.0. The lowest BCUT2D eigenvalue weighted by molar-refractivity contribution is 0.0999. The van der Waals surface area contributed by atoms with Crippen molar-refractivity contribution >= 4 is 17.6 Å². The van der Waals surface area contributed by atoms with Crippen LogP contribution in [0.2, 0.25) is 0 Å². The highest BCUT2D eigenvalue weighted by Crippen LogP contribution is 2.30. The van der Waals surface area contributed by atoms with Crippen LogP contribution in [0.3, 0.4) is 0 Å². The molecule has 1 saturated carbocycles. The molecule has 0 heterocycles. The van der Waals surface area contributed by atoms with Crippen LogP contribution >= 0.6 is 0 Å². The third-order valence-corrected chi connectivity index (χ3v) is 4.84. The van der Waals surface area contributed by atoms with Crippen LogP contribution in [0.4, 0.5) is 5.69 Å². The monoisotopic (exact) mass is 382 g/mol. The topological polar surface area (TPSA) is 112 Å². The molecule has 0 saturated heterocycles. The summed E-state index contributed by atoms with van der Waals surface area (Å²) in [6.45, 7) is 0.982. The van der Waals surface area contributed by atoms with Crippen LogP contribution < -0.4 is 26.3 Å². The van der Waals surface area contributed by atoms with Gasteiger partial charge in [-0.25, -0.2) is 4.99 Å². The third kappa shape index (κ3) is 4.94. The van der Waals surface area contributed by atoms with Crippen LogP contribution in [0.15, 0.2) is 47.5 Å². The minimum atomic E-state index is -0.502. The summed E-state index contributed by atoms with van der Waals surface area (Å²) in [5, 5.41) is 3.05. The van der Waals surface area contributed by atoms with Gasteiger partial charge in [-0.3, -0.25) is 4.79 Å². The molecule has 1 aliphatic carbocycles. The number of nitrogens with zero attached hydrogens (tertiary/aromatic N) is 1. The molecule has 0 bridgehead atoms. The molecule has 7 nitrogen and oxygen atoms in total. The highest BCUT2D eigenvalue weighted by molar-refractivity contribution is 5.97. The van der Waals surface area contributed by atoms with Gasteiger partial charge in [0.1, 0.15) is 11.5 Å². The van der Waals surface area contributed by atoms with Crippen molar-refractivity contribution in [2.45, 2.75) is 25.8 Å². The van der Waals surface area contributed by atoms with E-state index < -0.39 is 5.91 Å². The van der Waals surface area contributed by atoms with E-state index in [0.29, 0.717) is 36.1 Å². The SMILES string of the molecule is COc1ccccc1CN=C(N)Nc1ccc(C(N)=O)cc1OCC1CCC1. The van der Waals surface area contributed by atoms with Gasteiger partial charge in [-0.15, -0.1) is 0 Å². The second kappa shape index (κ2) is 9.12. The van der Waals surface area contributed by atoms with E-state index in [1.807, 2.05) is 24.3 Å². The van der Waals surface area contributed by atoms with Crippen molar-refractivity contribution in [2.75, 3.05) is 19.0 Å². The number of aliphatic imine (C=N–C) groups is 1. The van der Waals surface area contributed by atoms with Gasteiger partial charge in [-0.05, 0) is 43.0 Å². The van der Waals surface area contributed by atoms with Gasteiger partial charge < -0.3 is 26.3 Å². The highest BCUT2D eigenvalue weighted by atomic mass is 16.5. The largest absolute Gasteiger partial charge is 0.496 e. The minimum absolute atomic E-state index is 0.242. The molecular formula is C21H26N4O3. The number of nitrogens with two attached hydrogens (primary N) is 2. The number of anilines is 1. The van der Waals surface area contributed by atoms with Gasteiger partial charge in [-0.2, -0.15) is 0 Å². The highest BCUT2D eigenvalue weighted by Gasteiger charge is 2.19. The van der Waals surface area contributed by atoms with Crippen molar-refractivity contribution in [3.63, 3.8) is 0 Å². The van der Waals surface area contributed by atoms with Crippen LogP contribution in [-0.2, 0) is 6.54 Å². The Morgan fingerprint density at radius 2 is 1.96 bits per heavy atom. The maximum absolute atomic E-state index is 11.5. The van der Waals surface area contributed by atoms with Gasteiger partial charge in [0.05, 0.1) is 25.9 Å². The Morgan fingerprint density at radius 3 is 2.64 bits per heavy atom. The summed E-state index contributed by atoms with van der Waals surface area (Å²) < 4.78 is 11.3. The van der Waals surface area contributed by atoms with Crippen LogP contribution in [0.1, 0.15) is 35.2 Å². The molecule has 5 N–H and O–H groups in total. The summed E-state index contributed by atoms with van der Waals surface area (Å²) in [5.41, 5.74) is 13.4. The number of primary amides is 1. The zero-order chi connectivity index (χ0) is 19.9. The molecule has 2 aromatic carbocycles. The van der Waals surface area contributed by atoms with E-state index in [1.165, 1.54) is 19.3 Å². The molecule has 28 heavy (non-hydrogen) atoms. The molecule has 148 valence electrons. The lowest BCUT2D eigenvalue weighted by atomic mass is 9.86. The lowest BCUT2D eigenvalue weighted by Crippen LogP contribution is -2.24. The molecular weight excluding hydrogens is 356 g/mol. The minimum Gasteiger partial charge on any atom is -0.496 e. The fourth-order valence-corrected chi connectivity index (χ4v) is 2.95. The Labute approximate surface area is 164 Å². The molecule has 1 amide bonds. The molecule has 3 rings (SSSR count). The molecule has 0 atom stereocenters. The van der Waals surface area contributed by atoms with E-state index in [-0.39, 0.29) is 5.96 Å². The van der Waals surface area contributed by atoms with Gasteiger partial charge >= 0.3 is 0 Å². The number of methoxy groups -OCH3 is 1. The fraction of sp³-hybridized carbons (Fsp3) is 0.333. The Balaban J connectivity index is 1.72. The van der Waals surface area contributed by atoms with Crippen molar-refractivity contribution in [2.24, 2.45) is 22.4 Å². The van der Waals surface area contributed by atoms with E-state index in [4.69, 9.17) is 20.9 Å². The van der Waals surface area contributed by atoms with Crippen molar-refractivity contribution < 1.29 is 14.3 Å². The maximum atomic E-state index is 11.5. The van der Waals surface area contributed by atoms with Gasteiger partial charge in [0.15, 0.2) is 5.96 Å². The number of guanidine groups is 1. The number of benzene rings is 2. The number of nitrogens with one attached hydrogen (secondary N) is 1. The lowest BCUT2D eigenvalue weighted by Gasteiger charge is -2.25. The summed E-state index contributed by atoms with van der Waals surface area (Å²) in [7, 11) is 1.62. The van der Waals surface area contributed by atoms with E-state index >= 15 is 0 Å². The van der Waals surface area contributed by atoms with E-state index in [9.17, 15) is 4.79 Å². The molecule has 1 aliphatic rings. The molecule has 1 fully saturated rings. The standard InChI is InChI=1S/C21H26N4O3/c1-27-18-8-3-2-7-16(18)12-24-21(23)25-17-10-9-15(20(22)26)11-19(17)28-13-14-5-4-6-14/h2-3,7-11,14H,4-6,12-13H2,1H3,(H2,22,26)(H3,23,24,25). The van der Waals surface area contributed by atoms with Gasteiger partial charge in [-0.1, -0.05) is 24.6 Å². The number of hydrogen-bond donors (Lipinski definition) is 3. The summed E-state index contributed by atoms with van der Waals surface area (Å²) >= 11 is 0. The number of carbonyl (C=O) groups is 1. The summed E-state index contributed by atoms with van der Waals surface area (Å²) in [5.74, 6) is 1.60. The van der Waals surface area contributed by atoms with Crippen molar-refractivity contribution in [3.8, 4) is 11.5 Å². The predicted octanol–water partition coefficient (Wildman–Crippen LogP) is 2.90. The molecule has 0 radical (unpaired) electrons. The van der Waals surface area contributed by atoms with Crippen LogP contribution in [0.5, 0.6) is 11.5 Å². The first-order valence-corrected chi connectivity index (χ1v) is 9.32. The molecule has 0 aliphatic heterocycles. The first kappa shape index (κ1) is 19.5. The average Bonchev–Trinajstić information content (AvgIpc) is 2.66. The fourth-order valence-electron chi connectivity index (χ4n) is 2.95. The third-order valence-electron chi connectivity index (χ3n) is 4.84. The van der Waals surface area contributed by atoms with Crippen molar-refractivity contribution in [1.82, 2.24) is 0 Å². The Morgan fingerprint density at radius 1 is 1.18 bits per heavy atom. The first-order chi connectivity index (χ1) is 13.6. The summed E-state index contributed by atoms with van der Waals surface area (Å²) in [6.07, 6.45) is 3.57. The molecule has 7 heteroatoms. The first-order valence-electron chi connectivity index (χ1n) is 9.32. The number of ether oxygens (including phenoxy) is 2. The van der Waals surface area contributed by atoms with Gasteiger partial charge in [0.2, 0.25) is 5.91 Å². The number of para-hydroxylation sites is 1. The molecule has 2 aromatic rings. The molecule has 0 spiro atoms. The van der Waals surface area contributed by atoms with Crippen molar-refractivity contribution in [1.29, 1.82) is 0 Å². The van der Waals surface area contributed by atoms with Gasteiger partial charge in [0, 0.05) is 11.1 Å². The van der Waals surface area contributed by atoms with E-state index in [2.05, 4.69) is 10.3 Å². The maximum Gasteiger partial charge on any atom is 0.248 e. The van der Waals surface area contributed by atoms with Crippen LogP contribution in [-0.4, -0.2) is 25.6 Å². The average molecular weight is 382 g/mol. The number of rotatable bonds is 8. The Hall–Kier alpha value is -3.22. The number of carbonyl (C=O) groups excluding carboxylic acids is 1. The van der Waals surface area contributed by atoms with E-state index in [1.54, 1.807) is 25.3 Å².